The third-order valence-corrected chi connectivity index (χ3v) is 4.70. The first kappa shape index (κ1) is 15.8. The van der Waals surface area contributed by atoms with Gasteiger partial charge >= 0.3 is 0 Å². The Hall–Kier alpha value is -2.06. The average molecular weight is 313 g/mol. The van der Waals surface area contributed by atoms with Crippen LogP contribution in [0.25, 0.3) is 0 Å². The van der Waals surface area contributed by atoms with Crippen LogP contribution in [0.1, 0.15) is 18.4 Å². The molecule has 0 aromatic heterocycles. The summed E-state index contributed by atoms with van der Waals surface area (Å²) >= 11 is 0. The fourth-order valence-corrected chi connectivity index (χ4v) is 3.19. The van der Waals surface area contributed by atoms with Crippen molar-refractivity contribution in [2.24, 2.45) is 5.92 Å². The standard InChI is InChI=1S/C18H23N3O2/c19-14-16-5-7-21(8-6-16)18(22)13-15-1-3-17(4-2-15)20-9-11-23-12-10-20/h1-4,16H,5-13H2. The van der Waals surface area contributed by atoms with Crippen molar-refractivity contribution >= 4 is 11.6 Å². The predicted molar refractivity (Wildman–Crippen MR) is 88.1 cm³/mol. The molecule has 5 heteroatoms. The number of rotatable bonds is 3. The van der Waals surface area contributed by atoms with Gasteiger partial charge in [0.1, 0.15) is 0 Å². The molecule has 3 rings (SSSR count). The second kappa shape index (κ2) is 7.47. The van der Waals surface area contributed by atoms with Gasteiger partial charge in [0, 0.05) is 37.8 Å². The molecule has 0 aliphatic carbocycles. The third kappa shape index (κ3) is 4.02. The first-order valence-corrected chi connectivity index (χ1v) is 8.35. The lowest BCUT2D eigenvalue weighted by Crippen LogP contribution is -2.39. The highest BCUT2D eigenvalue weighted by Crippen LogP contribution is 2.19. The molecule has 2 aliphatic heterocycles. The number of ether oxygens (including phenoxy) is 1. The van der Waals surface area contributed by atoms with Crippen LogP contribution in [0.4, 0.5) is 5.69 Å². The molecule has 0 atom stereocenters. The first-order valence-electron chi connectivity index (χ1n) is 8.35. The fraction of sp³-hybridized carbons (Fsp3) is 0.556. The van der Waals surface area contributed by atoms with Gasteiger partial charge in [-0.3, -0.25) is 4.79 Å². The van der Waals surface area contributed by atoms with Gasteiger partial charge in [-0.2, -0.15) is 5.26 Å². The normalized spacial score (nSPS) is 19.4. The number of piperidine rings is 1. The molecule has 2 fully saturated rings. The van der Waals surface area contributed by atoms with E-state index in [0.717, 1.165) is 44.7 Å². The van der Waals surface area contributed by atoms with Gasteiger partial charge in [-0.25, -0.2) is 0 Å². The van der Waals surface area contributed by atoms with E-state index in [0.29, 0.717) is 19.5 Å². The van der Waals surface area contributed by atoms with Gasteiger partial charge in [0.25, 0.3) is 0 Å². The number of carbonyl (C=O) groups is 1. The van der Waals surface area contributed by atoms with E-state index in [4.69, 9.17) is 10.00 Å². The van der Waals surface area contributed by atoms with E-state index in [1.807, 2.05) is 17.0 Å². The third-order valence-electron chi connectivity index (χ3n) is 4.70. The lowest BCUT2D eigenvalue weighted by Gasteiger charge is -2.30. The molecule has 0 N–H and O–H groups in total. The second-order valence-corrected chi connectivity index (χ2v) is 6.23. The van der Waals surface area contributed by atoms with Crippen molar-refractivity contribution in [1.82, 2.24) is 4.90 Å². The maximum atomic E-state index is 12.4. The first-order chi connectivity index (χ1) is 11.3. The smallest absolute Gasteiger partial charge is 0.226 e. The highest BCUT2D eigenvalue weighted by atomic mass is 16.5. The molecule has 1 amide bonds. The molecule has 122 valence electrons. The topological polar surface area (TPSA) is 56.6 Å². The Morgan fingerprint density at radius 3 is 2.39 bits per heavy atom. The number of likely N-dealkylation sites (tertiary alicyclic amines) is 1. The summed E-state index contributed by atoms with van der Waals surface area (Å²) in [6.07, 6.45) is 2.05. The number of nitrogens with zero attached hydrogens (tertiary/aromatic N) is 3. The predicted octanol–water partition coefficient (Wildman–Crippen LogP) is 1.83. The van der Waals surface area contributed by atoms with Crippen molar-refractivity contribution in [1.29, 1.82) is 5.26 Å². The lowest BCUT2D eigenvalue weighted by molar-refractivity contribution is -0.131. The van der Waals surface area contributed by atoms with E-state index in [2.05, 4.69) is 23.1 Å². The molecule has 0 radical (unpaired) electrons. The van der Waals surface area contributed by atoms with Crippen LogP contribution < -0.4 is 4.90 Å². The molecule has 0 spiro atoms. The quantitative estimate of drug-likeness (QED) is 0.854. The van der Waals surface area contributed by atoms with E-state index in [-0.39, 0.29) is 11.8 Å². The number of nitriles is 1. The van der Waals surface area contributed by atoms with Crippen LogP contribution in [0.2, 0.25) is 0 Å². The molecule has 2 heterocycles. The Morgan fingerprint density at radius 1 is 1.13 bits per heavy atom. The van der Waals surface area contributed by atoms with Gasteiger partial charge < -0.3 is 14.5 Å². The fourth-order valence-electron chi connectivity index (χ4n) is 3.19. The van der Waals surface area contributed by atoms with Crippen LogP contribution in [0.15, 0.2) is 24.3 Å². The number of benzene rings is 1. The minimum absolute atomic E-state index is 0.117. The molecule has 1 aromatic rings. The molecule has 2 aliphatic rings. The van der Waals surface area contributed by atoms with Crippen molar-refractivity contribution in [3.8, 4) is 6.07 Å². The van der Waals surface area contributed by atoms with Crippen LogP contribution in [-0.4, -0.2) is 50.2 Å². The summed E-state index contributed by atoms with van der Waals surface area (Å²) in [5.74, 6) is 0.285. The van der Waals surface area contributed by atoms with Crippen LogP contribution in [-0.2, 0) is 16.0 Å². The van der Waals surface area contributed by atoms with Gasteiger partial charge in [0.15, 0.2) is 0 Å². The summed E-state index contributed by atoms with van der Waals surface area (Å²) in [6, 6.07) is 10.6. The zero-order chi connectivity index (χ0) is 16.1. The number of hydrogen-bond donors (Lipinski definition) is 0. The molecule has 0 saturated carbocycles. The maximum absolute atomic E-state index is 12.4. The van der Waals surface area contributed by atoms with Gasteiger partial charge in [-0.1, -0.05) is 12.1 Å². The summed E-state index contributed by atoms with van der Waals surface area (Å²) < 4.78 is 5.37. The minimum atomic E-state index is 0.117. The average Bonchev–Trinajstić information content (AvgIpc) is 2.63. The van der Waals surface area contributed by atoms with Crippen LogP contribution in [0.3, 0.4) is 0 Å². The Morgan fingerprint density at radius 2 is 1.78 bits per heavy atom. The van der Waals surface area contributed by atoms with Crippen LogP contribution in [0, 0.1) is 17.2 Å². The van der Waals surface area contributed by atoms with Crippen molar-refractivity contribution in [3.05, 3.63) is 29.8 Å². The maximum Gasteiger partial charge on any atom is 0.226 e. The summed E-state index contributed by atoms with van der Waals surface area (Å²) in [6.45, 7) is 4.82. The van der Waals surface area contributed by atoms with Crippen LogP contribution in [0.5, 0.6) is 0 Å². The van der Waals surface area contributed by atoms with Crippen molar-refractivity contribution in [3.63, 3.8) is 0 Å². The Kier molecular flexibility index (Phi) is 5.14. The van der Waals surface area contributed by atoms with Gasteiger partial charge in [0.05, 0.1) is 25.7 Å². The molecule has 1 aromatic carbocycles. The highest BCUT2D eigenvalue weighted by Gasteiger charge is 2.22. The van der Waals surface area contributed by atoms with Crippen molar-refractivity contribution < 1.29 is 9.53 Å². The molecular weight excluding hydrogens is 290 g/mol. The van der Waals surface area contributed by atoms with E-state index < -0.39 is 0 Å². The SMILES string of the molecule is N#CC1CCN(C(=O)Cc2ccc(N3CCOCC3)cc2)CC1. The number of amides is 1. The Bertz CT molecular complexity index is 565. The Labute approximate surface area is 137 Å². The minimum Gasteiger partial charge on any atom is -0.378 e. The lowest BCUT2D eigenvalue weighted by atomic mass is 9.98. The van der Waals surface area contributed by atoms with Gasteiger partial charge in [0.2, 0.25) is 5.91 Å². The van der Waals surface area contributed by atoms with Gasteiger partial charge in [-0.05, 0) is 30.5 Å². The largest absolute Gasteiger partial charge is 0.378 e. The number of hydrogen-bond acceptors (Lipinski definition) is 4. The zero-order valence-electron chi connectivity index (χ0n) is 13.4. The van der Waals surface area contributed by atoms with Crippen LogP contribution >= 0.6 is 0 Å². The summed E-state index contributed by atoms with van der Waals surface area (Å²) in [7, 11) is 0. The highest BCUT2D eigenvalue weighted by molar-refractivity contribution is 5.79. The summed E-state index contributed by atoms with van der Waals surface area (Å²) in [4.78, 5) is 16.6. The molecule has 23 heavy (non-hydrogen) atoms. The van der Waals surface area contributed by atoms with E-state index in [9.17, 15) is 4.79 Å². The van der Waals surface area contributed by atoms with Crippen molar-refractivity contribution in [2.45, 2.75) is 19.3 Å². The van der Waals surface area contributed by atoms with E-state index in [1.54, 1.807) is 0 Å². The van der Waals surface area contributed by atoms with E-state index in [1.165, 1.54) is 5.69 Å². The molecule has 0 bridgehead atoms. The summed E-state index contributed by atoms with van der Waals surface area (Å²) in [5, 5.41) is 8.92. The molecule has 2 saturated heterocycles. The zero-order valence-corrected chi connectivity index (χ0v) is 13.4. The number of carbonyl (C=O) groups excluding carboxylic acids is 1. The number of morpholine rings is 1. The Balaban J connectivity index is 1.53. The number of anilines is 1. The monoisotopic (exact) mass is 313 g/mol. The molecule has 0 unspecified atom stereocenters. The van der Waals surface area contributed by atoms with E-state index >= 15 is 0 Å². The summed E-state index contributed by atoms with van der Waals surface area (Å²) in [5.41, 5.74) is 2.24. The molecular formula is C18H23N3O2. The second-order valence-electron chi connectivity index (χ2n) is 6.23. The van der Waals surface area contributed by atoms with Gasteiger partial charge in [-0.15, -0.1) is 0 Å². The van der Waals surface area contributed by atoms with Crippen molar-refractivity contribution in [2.75, 3.05) is 44.3 Å². The molecule has 5 nitrogen and oxygen atoms in total.